The Morgan fingerprint density at radius 3 is 2.50 bits per heavy atom. The van der Waals surface area contributed by atoms with Crippen LogP contribution in [0.5, 0.6) is 0 Å². The Hall–Kier alpha value is 0.320. The van der Waals surface area contributed by atoms with Gasteiger partial charge in [0.05, 0.1) is 0 Å². The van der Waals surface area contributed by atoms with Gasteiger partial charge in [-0.05, 0) is 0 Å². The number of hydrogen-bond acceptors (Lipinski definition) is 3. The first-order valence-corrected chi connectivity index (χ1v) is 4.93. The van der Waals surface area contributed by atoms with Crippen LogP contribution in [0.2, 0.25) is 0 Å². The molecule has 50 valence electrons. The molecule has 0 aromatic heterocycles. The van der Waals surface area contributed by atoms with Crippen LogP contribution in [0.25, 0.3) is 0 Å². The molecule has 0 aliphatic heterocycles. The molecule has 0 bridgehead atoms. The summed E-state index contributed by atoms with van der Waals surface area (Å²) in [6.07, 6.45) is 0.518. The van der Waals surface area contributed by atoms with Crippen LogP contribution in [0.15, 0.2) is 0 Å². The summed E-state index contributed by atoms with van der Waals surface area (Å²) in [6, 6.07) is 0. The number of halogens is 1. The van der Waals surface area contributed by atoms with E-state index in [0.717, 1.165) is 0 Å². The molecule has 0 aliphatic rings. The summed E-state index contributed by atoms with van der Waals surface area (Å²) in [7, 11) is 0. The van der Waals surface area contributed by atoms with E-state index >= 15 is 0 Å². The predicted molar refractivity (Wildman–Crippen MR) is 27.7 cm³/mol. The van der Waals surface area contributed by atoms with Crippen LogP contribution in [0, 0.1) is 0 Å². The van der Waals surface area contributed by atoms with Crippen LogP contribution in [0.3, 0.4) is 0 Å². The summed E-state index contributed by atoms with van der Waals surface area (Å²) in [5.41, 5.74) is 10.3. The van der Waals surface area contributed by atoms with Gasteiger partial charge in [-0.3, -0.25) is 0 Å². The summed E-state index contributed by atoms with van der Waals surface area (Å²) in [5, 5.41) is 0. The maximum atomic E-state index is 10.5. The van der Waals surface area contributed by atoms with Crippen molar-refractivity contribution in [2.24, 2.45) is 11.5 Å². The van der Waals surface area contributed by atoms with E-state index in [0.29, 0.717) is 17.5 Å². The average Bonchev–Trinajstić information content (AvgIpc) is 1.68. The number of nitrogens with two attached hydrogens (primary N) is 2. The van der Waals surface area contributed by atoms with Crippen LogP contribution < -0.4 is 32.7 Å². The molecular weight excluding hydrogens is 219 g/mol. The van der Waals surface area contributed by atoms with E-state index in [4.69, 9.17) is 11.5 Å². The Labute approximate surface area is 59.1 Å². The molecule has 8 heavy (non-hydrogen) atoms. The van der Waals surface area contributed by atoms with Crippen molar-refractivity contribution in [1.82, 2.24) is 0 Å². The van der Waals surface area contributed by atoms with E-state index in [9.17, 15) is 4.79 Å². The molecule has 0 unspecified atom stereocenters. The van der Waals surface area contributed by atoms with E-state index < -0.39 is 0 Å². The minimum absolute atomic E-state index is 0.272. The maximum absolute atomic E-state index is 10.5. The van der Waals surface area contributed by atoms with Crippen LogP contribution >= 0.6 is 0 Å². The van der Waals surface area contributed by atoms with Gasteiger partial charge >= 0.3 is 58.8 Å². The van der Waals surface area contributed by atoms with Gasteiger partial charge in [0.1, 0.15) is 0 Å². The van der Waals surface area contributed by atoms with Crippen molar-refractivity contribution in [2.75, 3.05) is 11.1 Å². The Kier molecular flexibility index (Phi) is 5.67. The number of rotatable bonds is 4. The van der Waals surface area contributed by atoms with E-state index in [-0.39, 0.29) is 25.0 Å². The molecule has 0 atom stereocenters. The first-order valence-electron chi connectivity index (χ1n) is 2.33. The molecule has 0 amide bonds. The summed E-state index contributed by atoms with van der Waals surface area (Å²) < 4.78 is 0.825. The van der Waals surface area contributed by atoms with Crippen molar-refractivity contribution in [3.8, 4) is 0 Å². The van der Waals surface area contributed by atoms with Crippen molar-refractivity contribution >= 4 is 3.79 Å². The number of hydrogen-bond donors (Lipinski definition) is 2. The zero-order chi connectivity index (χ0) is 6.41. The zero-order valence-corrected chi connectivity index (χ0v) is 6.72. The number of alkyl halides is 1. The first-order chi connectivity index (χ1) is 3.81. The van der Waals surface area contributed by atoms with Gasteiger partial charge in [-0.2, -0.15) is 0 Å². The van der Waals surface area contributed by atoms with Gasteiger partial charge in [0.15, 0.2) is 0 Å². The van der Waals surface area contributed by atoms with Crippen molar-refractivity contribution in [3.05, 3.63) is 0 Å². The van der Waals surface area contributed by atoms with Crippen LogP contribution in [-0.2, 0) is 4.79 Å². The van der Waals surface area contributed by atoms with Crippen molar-refractivity contribution < 1.29 is 26.0 Å². The van der Waals surface area contributed by atoms with E-state index in [2.05, 4.69) is 0 Å². The van der Waals surface area contributed by atoms with Crippen LogP contribution in [0.4, 0.5) is 0 Å². The van der Waals surface area contributed by atoms with Gasteiger partial charge in [0, 0.05) is 0 Å². The van der Waals surface area contributed by atoms with Crippen molar-refractivity contribution in [1.29, 1.82) is 0 Å². The molecule has 0 saturated heterocycles. The topological polar surface area (TPSA) is 69.1 Å². The van der Waals surface area contributed by atoms with Crippen LogP contribution in [0.1, 0.15) is 6.42 Å². The molecule has 0 spiro atoms. The van der Waals surface area contributed by atoms with Gasteiger partial charge in [-0.25, -0.2) is 0 Å². The number of carbonyl (C=O) groups excluding carboxylic acids is 1. The van der Waals surface area contributed by atoms with E-state index in [1.165, 1.54) is 0 Å². The molecule has 0 saturated carbocycles. The Balaban J connectivity index is 3.06. The normalized spacial score (nSPS) is 9.75. The molecule has 0 fully saturated rings. The van der Waals surface area contributed by atoms with Gasteiger partial charge in [-0.1, -0.05) is 0 Å². The SMILES string of the molecule is NCCC(=O)[I-]CN. The fourth-order valence-electron chi connectivity index (χ4n) is 0.266. The summed E-state index contributed by atoms with van der Waals surface area (Å²) in [5.74, 6) is 0. The molecule has 0 radical (unpaired) electrons. The molecule has 0 heterocycles. The fraction of sp³-hybridized carbons (Fsp3) is 0.750. The Morgan fingerprint density at radius 1 is 1.50 bits per heavy atom. The first kappa shape index (κ1) is 8.32. The third-order valence-electron chi connectivity index (χ3n) is 0.567. The summed E-state index contributed by atoms with van der Waals surface area (Å²) in [4.78, 5) is 10.5. The second-order valence-electron chi connectivity index (χ2n) is 1.18. The second kappa shape index (κ2) is 5.46. The average molecular weight is 229 g/mol. The van der Waals surface area contributed by atoms with Gasteiger partial charge in [-0.15, -0.1) is 0 Å². The molecule has 4 heteroatoms. The zero-order valence-electron chi connectivity index (χ0n) is 4.56. The van der Waals surface area contributed by atoms with Gasteiger partial charge in [0.2, 0.25) is 0 Å². The third kappa shape index (κ3) is 4.48. The Bertz CT molecular complexity index is 68.4. The quantitative estimate of drug-likeness (QED) is 0.222. The second-order valence-corrected chi connectivity index (χ2v) is 4.03. The van der Waals surface area contributed by atoms with Crippen molar-refractivity contribution in [3.63, 3.8) is 0 Å². The minimum atomic E-state index is -0.382. The molecule has 0 rings (SSSR count). The Morgan fingerprint density at radius 2 is 2.12 bits per heavy atom. The summed E-state index contributed by atoms with van der Waals surface area (Å²) >= 11 is -0.382. The summed E-state index contributed by atoms with van der Waals surface area (Å²) in [6.45, 7) is 0.471. The fourth-order valence-corrected chi connectivity index (χ4v) is 1.45. The predicted octanol–water partition coefficient (Wildman–Crippen LogP) is -4.13. The molecule has 0 aliphatic carbocycles. The molecular formula is C4H10IN2O-. The van der Waals surface area contributed by atoms with Gasteiger partial charge < -0.3 is 0 Å². The van der Waals surface area contributed by atoms with Crippen molar-refractivity contribution in [2.45, 2.75) is 6.42 Å². The molecule has 0 aromatic carbocycles. The standard InChI is InChI=1S/C4H10IN2O/c6-2-1-4(8)5-3-7/h1-3,6-7H2/q-1. The van der Waals surface area contributed by atoms with E-state index in [1.54, 1.807) is 0 Å². The third-order valence-corrected chi connectivity index (χ3v) is 2.40. The molecule has 3 nitrogen and oxygen atoms in total. The number of carbonyl (C=O) groups is 1. The van der Waals surface area contributed by atoms with E-state index in [1.807, 2.05) is 0 Å². The molecule has 4 N–H and O–H groups in total. The molecule has 0 aromatic rings. The van der Waals surface area contributed by atoms with Crippen LogP contribution in [-0.4, -0.2) is 14.9 Å². The van der Waals surface area contributed by atoms with Gasteiger partial charge in [0.25, 0.3) is 0 Å². The monoisotopic (exact) mass is 229 g/mol.